The van der Waals surface area contributed by atoms with Crippen LogP contribution in [0, 0.1) is 6.92 Å². The van der Waals surface area contributed by atoms with E-state index in [1.165, 1.54) is 0 Å². The van der Waals surface area contributed by atoms with Crippen molar-refractivity contribution < 1.29 is 9.15 Å². The lowest BCUT2D eigenvalue weighted by Crippen LogP contribution is -2.00. The predicted octanol–water partition coefficient (Wildman–Crippen LogP) is 1.85. The van der Waals surface area contributed by atoms with Crippen LogP contribution in [-0.2, 0) is 13.0 Å². The summed E-state index contributed by atoms with van der Waals surface area (Å²) >= 11 is 0. The quantitative estimate of drug-likeness (QED) is 0.843. The Kier molecular flexibility index (Phi) is 4.30. The Morgan fingerprint density at radius 1 is 1.28 bits per heavy atom. The Balaban J connectivity index is 1.88. The van der Waals surface area contributed by atoms with Gasteiger partial charge in [-0.25, -0.2) is 0 Å². The van der Waals surface area contributed by atoms with Gasteiger partial charge in [-0.1, -0.05) is 12.1 Å². The number of benzene rings is 1. The first-order chi connectivity index (χ1) is 8.78. The van der Waals surface area contributed by atoms with Gasteiger partial charge in [-0.2, -0.15) is 0 Å². The van der Waals surface area contributed by atoms with Crippen molar-refractivity contribution in [2.75, 3.05) is 6.54 Å². The van der Waals surface area contributed by atoms with E-state index in [0.29, 0.717) is 31.4 Å². The average Bonchev–Trinajstić information content (AvgIpc) is 2.82. The molecule has 1 aromatic heterocycles. The first kappa shape index (κ1) is 12.6. The van der Waals surface area contributed by atoms with Gasteiger partial charge in [-0.05, 0) is 37.6 Å². The van der Waals surface area contributed by atoms with Crippen LogP contribution in [0.4, 0.5) is 0 Å². The largest absolute Gasteiger partial charge is 0.484 e. The maximum Gasteiger partial charge on any atom is 0.253 e. The van der Waals surface area contributed by atoms with Crippen molar-refractivity contribution in [3.05, 3.63) is 41.6 Å². The summed E-state index contributed by atoms with van der Waals surface area (Å²) in [5, 5.41) is 7.86. The van der Waals surface area contributed by atoms with Gasteiger partial charge in [0, 0.05) is 6.42 Å². The van der Waals surface area contributed by atoms with Gasteiger partial charge in [0.25, 0.3) is 5.89 Å². The minimum atomic E-state index is 0.291. The van der Waals surface area contributed by atoms with E-state index < -0.39 is 0 Å². The lowest BCUT2D eigenvalue weighted by molar-refractivity contribution is 0.258. The zero-order valence-electron chi connectivity index (χ0n) is 10.4. The van der Waals surface area contributed by atoms with E-state index in [1.54, 1.807) is 0 Å². The lowest BCUT2D eigenvalue weighted by atomic mass is 10.2. The molecule has 0 aliphatic rings. The van der Waals surface area contributed by atoms with Crippen LogP contribution >= 0.6 is 0 Å². The molecule has 0 amide bonds. The van der Waals surface area contributed by atoms with E-state index in [2.05, 4.69) is 10.2 Å². The van der Waals surface area contributed by atoms with Crippen molar-refractivity contribution in [1.82, 2.24) is 10.2 Å². The molecule has 0 aliphatic heterocycles. The SMILES string of the molecule is Cc1cccc(OCc2nnc(CCCN)o2)c1. The van der Waals surface area contributed by atoms with E-state index in [-0.39, 0.29) is 0 Å². The molecule has 2 rings (SSSR count). The Bertz CT molecular complexity index is 496. The molecule has 0 bridgehead atoms. The maximum atomic E-state index is 5.57. The second kappa shape index (κ2) is 6.16. The fourth-order valence-corrected chi connectivity index (χ4v) is 1.55. The van der Waals surface area contributed by atoms with Crippen molar-refractivity contribution in [3.8, 4) is 5.75 Å². The number of nitrogens with zero attached hydrogens (tertiary/aromatic N) is 2. The Hall–Kier alpha value is -1.88. The molecule has 0 fully saturated rings. The van der Waals surface area contributed by atoms with Crippen LogP contribution in [0.5, 0.6) is 5.75 Å². The Morgan fingerprint density at radius 3 is 2.89 bits per heavy atom. The number of aryl methyl sites for hydroxylation is 2. The van der Waals surface area contributed by atoms with Gasteiger partial charge in [-0.15, -0.1) is 10.2 Å². The molecule has 0 unspecified atom stereocenters. The highest BCUT2D eigenvalue weighted by Gasteiger charge is 2.06. The van der Waals surface area contributed by atoms with E-state index in [4.69, 9.17) is 14.9 Å². The topological polar surface area (TPSA) is 74.2 Å². The number of rotatable bonds is 6. The molecule has 0 saturated carbocycles. The lowest BCUT2D eigenvalue weighted by Gasteiger charge is -2.03. The monoisotopic (exact) mass is 247 g/mol. The number of hydrogen-bond acceptors (Lipinski definition) is 5. The molecule has 2 aromatic rings. The molecule has 18 heavy (non-hydrogen) atoms. The predicted molar refractivity (Wildman–Crippen MR) is 67.2 cm³/mol. The van der Waals surface area contributed by atoms with E-state index >= 15 is 0 Å². The summed E-state index contributed by atoms with van der Waals surface area (Å²) in [5.41, 5.74) is 6.57. The third-order valence-corrected chi connectivity index (χ3v) is 2.46. The molecule has 1 heterocycles. The Morgan fingerprint density at radius 2 is 2.11 bits per heavy atom. The second-order valence-electron chi connectivity index (χ2n) is 4.09. The van der Waals surface area contributed by atoms with Crippen LogP contribution in [0.15, 0.2) is 28.7 Å². The fourth-order valence-electron chi connectivity index (χ4n) is 1.55. The number of hydrogen-bond donors (Lipinski definition) is 1. The van der Waals surface area contributed by atoms with Crippen molar-refractivity contribution in [2.24, 2.45) is 5.73 Å². The maximum absolute atomic E-state index is 5.57. The fraction of sp³-hybridized carbons (Fsp3) is 0.385. The molecular formula is C13H17N3O2. The van der Waals surface area contributed by atoms with Crippen LogP contribution < -0.4 is 10.5 Å². The minimum absolute atomic E-state index is 0.291. The highest BCUT2D eigenvalue weighted by molar-refractivity contribution is 5.27. The Labute approximate surface area is 106 Å². The molecule has 5 nitrogen and oxygen atoms in total. The van der Waals surface area contributed by atoms with Gasteiger partial charge in [0.15, 0.2) is 6.61 Å². The molecule has 0 spiro atoms. The van der Waals surface area contributed by atoms with Gasteiger partial charge in [-0.3, -0.25) is 0 Å². The van der Waals surface area contributed by atoms with Crippen LogP contribution in [0.1, 0.15) is 23.8 Å². The number of aromatic nitrogens is 2. The smallest absolute Gasteiger partial charge is 0.253 e. The summed E-state index contributed by atoms with van der Waals surface area (Å²) in [6, 6.07) is 7.83. The molecule has 0 radical (unpaired) electrons. The molecule has 96 valence electrons. The zero-order valence-corrected chi connectivity index (χ0v) is 10.4. The zero-order chi connectivity index (χ0) is 12.8. The first-order valence-corrected chi connectivity index (χ1v) is 5.98. The van der Waals surface area contributed by atoms with Gasteiger partial charge in [0.05, 0.1) is 0 Å². The molecular weight excluding hydrogens is 230 g/mol. The van der Waals surface area contributed by atoms with Crippen molar-refractivity contribution in [3.63, 3.8) is 0 Å². The summed E-state index contributed by atoms with van der Waals surface area (Å²) in [6.45, 7) is 2.93. The second-order valence-corrected chi connectivity index (χ2v) is 4.09. The minimum Gasteiger partial charge on any atom is -0.484 e. The van der Waals surface area contributed by atoms with Gasteiger partial charge < -0.3 is 14.9 Å². The number of nitrogens with two attached hydrogens (primary N) is 1. The van der Waals surface area contributed by atoms with E-state index in [1.807, 2.05) is 31.2 Å². The van der Waals surface area contributed by atoms with Gasteiger partial charge in [0.2, 0.25) is 5.89 Å². The molecule has 0 aliphatic carbocycles. The summed E-state index contributed by atoms with van der Waals surface area (Å²) in [5.74, 6) is 1.91. The number of ether oxygens (including phenoxy) is 1. The molecule has 0 saturated heterocycles. The van der Waals surface area contributed by atoms with Gasteiger partial charge >= 0.3 is 0 Å². The van der Waals surface area contributed by atoms with Crippen molar-refractivity contribution in [1.29, 1.82) is 0 Å². The van der Waals surface area contributed by atoms with Crippen molar-refractivity contribution in [2.45, 2.75) is 26.4 Å². The third-order valence-electron chi connectivity index (χ3n) is 2.46. The normalized spacial score (nSPS) is 10.6. The van der Waals surface area contributed by atoms with Gasteiger partial charge in [0.1, 0.15) is 5.75 Å². The molecule has 5 heteroatoms. The highest BCUT2D eigenvalue weighted by atomic mass is 16.5. The molecule has 2 N–H and O–H groups in total. The summed E-state index contributed by atoms with van der Waals surface area (Å²) in [7, 11) is 0. The summed E-state index contributed by atoms with van der Waals surface area (Å²) in [6.07, 6.45) is 1.56. The first-order valence-electron chi connectivity index (χ1n) is 5.98. The van der Waals surface area contributed by atoms with E-state index in [0.717, 1.165) is 17.7 Å². The summed E-state index contributed by atoms with van der Waals surface area (Å²) in [4.78, 5) is 0. The van der Waals surface area contributed by atoms with Crippen LogP contribution in [-0.4, -0.2) is 16.7 Å². The van der Waals surface area contributed by atoms with Crippen LogP contribution in [0.2, 0.25) is 0 Å². The third kappa shape index (κ3) is 3.56. The standard InChI is InChI=1S/C13H17N3O2/c1-10-4-2-5-11(8-10)17-9-13-16-15-12(18-13)6-3-7-14/h2,4-5,8H,3,6-7,9,14H2,1H3. The molecule has 0 atom stereocenters. The average molecular weight is 247 g/mol. The molecule has 1 aromatic carbocycles. The summed E-state index contributed by atoms with van der Waals surface area (Å²) < 4.78 is 11.0. The van der Waals surface area contributed by atoms with E-state index in [9.17, 15) is 0 Å². The highest BCUT2D eigenvalue weighted by Crippen LogP contribution is 2.14. The van der Waals surface area contributed by atoms with Crippen molar-refractivity contribution >= 4 is 0 Å². The van der Waals surface area contributed by atoms with Crippen LogP contribution in [0.3, 0.4) is 0 Å². The van der Waals surface area contributed by atoms with Crippen LogP contribution in [0.25, 0.3) is 0 Å².